The van der Waals surface area contributed by atoms with Crippen LogP contribution in [-0.2, 0) is 13.5 Å². The molecule has 0 aliphatic heterocycles. The standard InChI is InChI=1S/C12H16N4O/c1-16-12(14-8-15-16)7-10(13)9-5-3-4-6-11(9)17-2/h3-6,8,10H,7,13H2,1-2H3. The highest BCUT2D eigenvalue weighted by atomic mass is 16.5. The molecule has 1 unspecified atom stereocenters. The van der Waals surface area contributed by atoms with Crippen molar-refractivity contribution in [2.75, 3.05) is 7.11 Å². The molecule has 1 heterocycles. The van der Waals surface area contributed by atoms with E-state index in [-0.39, 0.29) is 6.04 Å². The van der Waals surface area contributed by atoms with Crippen LogP contribution in [0.15, 0.2) is 30.6 Å². The average molecular weight is 232 g/mol. The summed E-state index contributed by atoms with van der Waals surface area (Å²) in [6.45, 7) is 0. The summed E-state index contributed by atoms with van der Waals surface area (Å²) >= 11 is 0. The van der Waals surface area contributed by atoms with Gasteiger partial charge in [0.2, 0.25) is 0 Å². The van der Waals surface area contributed by atoms with Crippen molar-refractivity contribution in [2.24, 2.45) is 12.8 Å². The van der Waals surface area contributed by atoms with Crippen molar-refractivity contribution >= 4 is 0 Å². The van der Waals surface area contributed by atoms with Crippen LogP contribution in [0.3, 0.4) is 0 Å². The fourth-order valence-corrected chi connectivity index (χ4v) is 1.78. The molecule has 90 valence electrons. The van der Waals surface area contributed by atoms with Crippen molar-refractivity contribution in [3.63, 3.8) is 0 Å². The summed E-state index contributed by atoms with van der Waals surface area (Å²) in [4.78, 5) is 4.17. The minimum absolute atomic E-state index is 0.144. The van der Waals surface area contributed by atoms with Crippen molar-refractivity contribution < 1.29 is 4.74 Å². The summed E-state index contributed by atoms with van der Waals surface area (Å²) < 4.78 is 7.02. The number of benzene rings is 1. The molecule has 1 atom stereocenters. The Morgan fingerprint density at radius 3 is 2.82 bits per heavy atom. The number of rotatable bonds is 4. The second-order valence-electron chi connectivity index (χ2n) is 3.85. The lowest BCUT2D eigenvalue weighted by molar-refractivity contribution is 0.405. The molecule has 0 aliphatic rings. The average Bonchev–Trinajstić information content (AvgIpc) is 2.75. The van der Waals surface area contributed by atoms with Crippen molar-refractivity contribution in [3.8, 4) is 5.75 Å². The molecule has 0 radical (unpaired) electrons. The van der Waals surface area contributed by atoms with Gasteiger partial charge in [-0.05, 0) is 6.07 Å². The first-order valence-electron chi connectivity index (χ1n) is 5.43. The molecule has 0 saturated carbocycles. The summed E-state index contributed by atoms with van der Waals surface area (Å²) in [5.41, 5.74) is 7.15. The topological polar surface area (TPSA) is 66.0 Å². The van der Waals surface area contributed by atoms with Gasteiger partial charge in [-0.25, -0.2) is 4.98 Å². The van der Waals surface area contributed by atoms with Gasteiger partial charge in [0.15, 0.2) is 0 Å². The van der Waals surface area contributed by atoms with Crippen molar-refractivity contribution in [1.29, 1.82) is 0 Å². The monoisotopic (exact) mass is 232 g/mol. The number of hydrogen-bond donors (Lipinski definition) is 1. The lowest BCUT2D eigenvalue weighted by Crippen LogP contribution is -2.16. The van der Waals surface area contributed by atoms with Gasteiger partial charge < -0.3 is 10.5 Å². The highest BCUT2D eigenvalue weighted by molar-refractivity contribution is 5.36. The fraction of sp³-hybridized carbons (Fsp3) is 0.333. The Morgan fingerprint density at radius 1 is 1.41 bits per heavy atom. The largest absolute Gasteiger partial charge is 0.496 e. The van der Waals surface area contributed by atoms with E-state index < -0.39 is 0 Å². The Labute approximate surface area is 100 Å². The van der Waals surface area contributed by atoms with Gasteiger partial charge in [-0.1, -0.05) is 18.2 Å². The van der Waals surface area contributed by atoms with Gasteiger partial charge in [0, 0.05) is 25.1 Å². The number of nitrogens with zero attached hydrogens (tertiary/aromatic N) is 3. The number of nitrogens with two attached hydrogens (primary N) is 1. The van der Waals surface area contributed by atoms with E-state index in [1.165, 1.54) is 6.33 Å². The molecule has 5 heteroatoms. The van der Waals surface area contributed by atoms with Crippen LogP contribution < -0.4 is 10.5 Å². The third kappa shape index (κ3) is 2.45. The lowest BCUT2D eigenvalue weighted by Gasteiger charge is -2.14. The van der Waals surface area contributed by atoms with Crippen LogP contribution in [-0.4, -0.2) is 21.9 Å². The van der Waals surface area contributed by atoms with Crippen LogP contribution in [0.1, 0.15) is 17.4 Å². The molecule has 1 aromatic carbocycles. The predicted molar refractivity (Wildman–Crippen MR) is 64.6 cm³/mol. The lowest BCUT2D eigenvalue weighted by atomic mass is 10.0. The molecule has 0 fully saturated rings. The van der Waals surface area contributed by atoms with Gasteiger partial charge in [-0.2, -0.15) is 5.10 Å². The molecule has 0 amide bonds. The van der Waals surface area contributed by atoms with E-state index in [2.05, 4.69) is 10.1 Å². The molecule has 0 bridgehead atoms. The zero-order valence-electron chi connectivity index (χ0n) is 10.00. The quantitative estimate of drug-likeness (QED) is 0.856. The Balaban J connectivity index is 2.20. The van der Waals surface area contributed by atoms with Crippen LogP contribution in [0, 0.1) is 0 Å². The van der Waals surface area contributed by atoms with Crippen LogP contribution >= 0.6 is 0 Å². The Morgan fingerprint density at radius 2 is 2.18 bits per heavy atom. The number of aromatic nitrogens is 3. The predicted octanol–water partition coefficient (Wildman–Crippen LogP) is 1.07. The first-order valence-corrected chi connectivity index (χ1v) is 5.43. The first kappa shape index (κ1) is 11.6. The first-order chi connectivity index (χ1) is 8.22. The number of para-hydroxylation sites is 1. The third-order valence-corrected chi connectivity index (χ3v) is 2.75. The Hall–Kier alpha value is -1.88. The minimum atomic E-state index is -0.144. The van der Waals surface area contributed by atoms with E-state index >= 15 is 0 Å². The number of aryl methyl sites for hydroxylation is 1. The van der Waals surface area contributed by atoms with Crippen LogP contribution in [0.25, 0.3) is 0 Å². The van der Waals surface area contributed by atoms with Crippen molar-refractivity contribution in [3.05, 3.63) is 42.0 Å². The normalized spacial score (nSPS) is 12.4. The van der Waals surface area contributed by atoms with Gasteiger partial charge in [-0.3, -0.25) is 4.68 Å². The SMILES string of the molecule is COc1ccccc1C(N)Cc1ncnn1C. The van der Waals surface area contributed by atoms with E-state index in [0.29, 0.717) is 6.42 Å². The minimum Gasteiger partial charge on any atom is -0.496 e. The smallest absolute Gasteiger partial charge is 0.138 e. The zero-order chi connectivity index (χ0) is 12.3. The molecular weight excluding hydrogens is 216 g/mol. The maximum absolute atomic E-state index is 6.17. The van der Waals surface area contributed by atoms with E-state index in [1.807, 2.05) is 31.3 Å². The summed E-state index contributed by atoms with van der Waals surface area (Å²) in [5, 5.41) is 4.02. The molecule has 0 saturated heterocycles. The summed E-state index contributed by atoms with van der Waals surface area (Å²) in [6.07, 6.45) is 2.17. The van der Waals surface area contributed by atoms with E-state index in [4.69, 9.17) is 10.5 Å². The third-order valence-electron chi connectivity index (χ3n) is 2.75. The molecule has 0 spiro atoms. The molecule has 2 N–H and O–H groups in total. The van der Waals surface area contributed by atoms with E-state index in [0.717, 1.165) is 17.1 Å². The second kappa shape index (κ2) is 4.97. The molecular formula is C12H16N4O. The van der Waals surface area contributed by atoms with Gasteiger partial charge in [0.25, 0.3) is 0 Å². The molecule has 2 rings (SSSR count). The van der Waals surface area contributed by atoms with Crippen molar-refractivity contribution in [2.45, 2.75) is 12.5 Å². The van der Waals surface area contributed by atoms with Gasteiger partial charge in [0.05, 0.1) is 7.11 Å². The summed E-state index contributed by atoms with van der Waals surface area (Å²) in [5.74, 6) is 1.67. The van der Waals surface area contributed by atoms with Gasteiger partial charge >= 0.3 is 0 Å². The summed E-state index contributed by atoms with van der Waals surface area (Å²) in [6, 6.07) is 7.62. The number of methoxy groups -OCH3 is 1. The molecule has 17 heavy (non-hydrogen) atoms. The summed E-state index contributed by atoms with van der Waals surface area (Å²) in [7, 11) is 3.51. The fourth-order valence-electron chi connectivity index (χ4n) is 1.78. The molecule has 2 aromatic rings. The maximum Gasteiger partial charge on any atom is 0.138 e. The van der Waals surface area contributed by atoms with E-state index in [1.54, 1.807) is 11.8 Å². The Bertz CT molecular complexity index is 495. The van der Waals surface area contributed by atoms with Crippen molar-refractivity contribution in [1.82, 2.24) is 14.8 Å². The molecule has 1 aromatic heterocycles. The maximum atomic E-state index is 6.17. The van der Waals surface area contributed by atoms with Crippen LogP contribution in [0.5, 0.6) is 5.75 Å². The second-order valence-corrected chi connectivity index (χ2v) is 3.85. The molecule has 5 nitrogen and oxygen atoms in total. The Kier molecular flexibility index (Phi) is 3.39. The van der Waals surface area contributed by atoms with Crippen LogP contribution in [0.2, 0.25) is 0 Å². The molecule has 0 aliphatic carbocycles. The van der Waals surface area contributed by atoms with Gasteiger partial charge in [0.1, 0.15) is 17.9 Å². The van der Waals surface area contributed by atoms with Gasteiger partial charge in [-0.15, -0.1) is 0 Å². The van der Waals surface area contributed by atoms with E-state index in [9.17, 15) is 0 Å². The zero-order valence-corrected chi connectivity index (χ0v) is 10.00. The highest BCUT2D eigenvalue weighted by Crippen LogP contribution is 2.24. The highest BCUT2D eigenvalue weighted by Gasteiger charge is 2.14. The number of ether oxygens (including phenoxy) is 1. The van der Waals surface area contributed by atoms with Crippen LogP contribution in [0.4, 0.5) is 0 Å². The number of hydrogen-bond acceptors (Lipinski definition) is 4.